The van der Waals surface area contributed by atoms with Crippen molar-refractivity contribution < 1.29 is 14.6 Å². The number of methoxy groups -OCH3 is 1. The molecule has 4 nitrogen and oxygen atoms in total. The molecule has 0 unspecified atom stereocenters. The molecule has 5 heteroatoms. The zero-order chi connectivity index (χ0) is 15.7. The lowest BCUT2D eigenvalue weighted by Gasteiger charge is -2.19. The highest BCUT2D eigenvalue weighted by atomic mass is 32.2. The molecule has 0 aliphatic carbocycles. The molecule has 0 aromatic heterocycles. The minimum atomic E-state index is -1.11. The van der Waals surface area contributed by atoms with Gasteiger partial charge in [-0.15, -0.1) is 11.8 Å². The topological polar surface area (TPSA) is 58.6 Å². The van der Waals surface area contributed by atoms with Crippen molar-refractivity contribution in [3.8, 4) is 5.75 Å². The van der Waals surface area contributed by atoms with Crippen molar-refractivity contribution in [1.29, 1.82) is 0 Å². The van der Waals surface area contributed by atoms with E-state index in [1.807, 2.05) is 49.4 Å². The van der Waals surface area contributed by atoms with Gasteiger partial charge in [0.15, 0.2) is 0 Å². The number of fused-ring (bicyclic) bond motifs is 1. The Morgan fingerprint density at radius 1 is 1.18 bits per heavy atom. The van der Waals surface area contributed by atoms with Gasteiger partial charge in [0.2, 0.25) is 0 Å². The molecule has 2 N–H and O–H groups in total. The van der Waals surface area contributed by atoms with E-state index in [2.05, 4.69) is 5.32 Å². The molecule has 1 heterocycles. The van der Waals surface area contributed by atoms with Gasteiger partial charge in [0.1, 0.15) is 11.9 Å². The molecule has 3 rings (SSSR count). The number of aliphatic hydroxyl groups excluding tert-OH is 1. The van der Waals surface area contributed by atoms with Crippen LogP contribution in [-0.4, -0.2) is 24.2 Å². The highest BCUT2D eigenvalue weighted by Crippen LogP contribution is 2.44. The molecule has 0 bridgehead atoms. The average Bonchev–Trinajstić information content (AvgIpc) is 2.65. The van der Waals surface area contributed by atoms with Crippen molar-refractivity contribution in [1.82, 2.24) is 0 Å². The number of thioether (sulfide) groups is 1. The predicted octanol–water partition coefficient (Wildman–Crippen LogP) is 3.15. The summed E-state index contributed by atoms with van der Waals surface area (Å²) in [7, 11) is 1.61. The molecule has 0 radical (unpaired) electrons. The van der Waals surface area contributed by atoms with Gasteiger partial charge in [-0.2, -0.15) is 0 Å². The Morgan fingerprint density at radius 2 is 1.91 bits per heavy atom. The van der Waals surface area contributed by atoms with Crippen molar-refractivity contribution >= 4 is 23.4 Å². The van der Waals surface area contributed by atoms with Gasteiger partial charge in [-0.05, 0) is 42.3 Å². The van der Waals surface area contributed by atoms with E-state index in [-0.39, 0.29) is 11.2 Å². The monoisotopic (exact) mass is 315 g/mol. The second-order valence-corrected chi connectivity index (χ2v) is 6.43. The molecule has 0 saturated carbocycles. The Bertz CT molecular complexity index is 700. The SMILES string of the molecule is COc1ccc([C@H]2Sc3ccc(C)cc3NC(=O)[C@H]2O)cc1. The second-order valence-electron chi connectivity index (χ2n) is 5.25. The number of ether oxygens (including phenoxy) is 1. The van der Waals surface area contributed by atoms with E-state index in [1.54, 1.807) is 7.11 Å². The van der Waals surface area contributed by atoms with Crippen LogP contribution in [0.1, 0.15) is 16.4 Å². The van der Waals surface area contributed by atoms with E-state index in [0.717, 1.165) is 27.5 Å². The Morgan fingerprint density at radius 3 is 2.59 bits per heavy atom. The molecule has 1 aliphatic rings. The van der Waals surface area contributed by atoms with Crippen molar-refractivity contribution in [2.75, 3.05) is 12.4 Å². The number of carbonyl (C=O) groups is 1. The minimum absolute atomic E-state index is 0.352. The van der Waals surface area contributed by atoms with E-state index >= 15 is 0 Å². The number of rotatable bonds is 2. The van der Waals surface area contributed by atoms with Gasteiger partial charge in [0, 0.05) is 4.90 Å². The summed E-state index contributed by atoms with van der Waals surface area (Å²) in [6, 6.07) is 13.3. The number of aryl methyl sites for hydroxylation is 1. The normalized spacial score (nSPS) is 20.8. The van der Waals surface area contributed by atoms with Crippen LogP contribution in [0.3, 0.4) is 0 Å². The van der Waals surface area contributed by atoms with Gasteiger partial charge in [-0.1, -0.05) is 18.2 Å². The summed E-state index contributed by atoms with van der Waals surface area (Å²) in [5.41, 5.74) is 2.71. The van der Waals surface area contributed by atoms with Crippen LogP contribution >= 0.6 is 11.8 Å². The van der Waals surface area contributed by atoms with Crippen LogP contribution in [0.15, 0.2) is 47.4 Å². The largest absolute Gasteiger partial charge is 0.497 e. The van der Waals surface area contributed by atoms with Crippen LogP contribution in [0.5, 0.6) is 5.75 Å². The standard InChI is InChI=1S/C17H17NO3S/c1-10-3-8-14-13(9-10)18-17(20)15(19)16(22-14)11-4-6-12(21-2)7-5-11/h3-9,15-16,19H,1-2H3,(H,18,20)/t15-,16+/m0/s1. The number of anilines is 1. The summed E-state index contributed by atoms with van der Waals surface area (Å²) in [6.45, 7) is 1.97. The first-order valence-corrected chi connectivity index (χ1v) is 7.86. The predicted molar refractivity (Wildman–Crippen MR) is 87.4 cm³/mol. The Kier molecular flexibility index (Phi) is 4.09. The fourth-order valence-electron chi connectivity index (χ4n) is 2.43. The van der Waals surface area contributed by atoms with Crippen molar-refractivity contribution in [2.24, 2.45) is 0 Å². The van der Waals surface area contributed by atoms with Gasteiger partial charge >= 0.3 is 0 Å². The van der Waals surface area contributed by atoms with Gasteiger partial charge < -0.3 is 15.2 Å². The number of hydrogen-bond donors (Lipinski definition) is 2. The van der Waals surface area contributed by atoms with Gasteiger partial charge in [-0.3, -0.25) is 4.79 Å². The zero-order valence-corrected chi connectivity index (χ0v) is 13.2. The quantitative estimate of drug-likeness (QED) is 0.894. The van der Waals surface area contributed by atoms with E-state index < -0.39 is 6.10 Å². The fourth-order valence-corrected chi connectivity index (χ4v) is 3.64. The number of aliphatic hydroxyl groups is 1. The Hall–Kier alpha value is -1.98. The summed E-state index contributed by atoms with van der Waals surface area (Å²) < 4.78 is 5.15. The van der Waals surface area contributed by atoms with Crippen molar-refractivity contribution in [3.63, 3.8) is 0 Å². The summed E-state index contributed by atoms with van der Waals surface area (Å²) in [5.74, 6) is 0.370. The third kappa shape index (κ3) is 2.82. The second kappa shape index (κ2) is 6.02. The molecule has 2 aromatic carbocycles. The molecule has 22 heavy (non-hydrogen) atoms. The lowest BCUT2D eigenvalue weighted by molar-refractivity contribution is -0.124. The molecule has 0 fully saturated rings. The van der Waals surface area contributed by atoms with Gasteiger partial charge in [-0.25, -0.2) is 0 Å². The van der Waals surface area contributed by atoms with Crippen LogP contribution < -0.4 is 10.1 Å². The lowest BCUT2D eigenvalue weighted by Crippen LogP contribution is -2.30. The van der Waals surface area contributed by atoms with Gasteiger partial charge in [0.25, 0.3) is 5.91 Å². The molecular weight excluding hydrogens is 298 g/mol. The van der Waals surface area contributed by atoms with Crippen LogP contribution in [-0.2, 0) is 4.79 Å². The lowest BCUT2D eigenvalue weighted by atomic mass is 10.1. The molecule has 2 aromatic rings. The van der Waals surface area contributed by atoms with Gasteiger partial charge in [0.05, 0.1) is 18.0 Å². The summed E-state index contributed by atoms with van der Waals surface area (Å²) in [5, 5.41) is 12.8. The zero-order valence-electron chi connectivity index (χ0n) is 12.4. The maximum absolute atomic E-state index is 12.2. The van der Waals surface area contributed by atoms with Crippen LogP contribution in [0, 0.1) is 6.92 Å². The number of hydrogen-bond acceptors (Lipinski definition) is 4. The fraction of sp³-hybridized carbons (Fsp3) is 0.235. The molecular formula is C17H17NO3S. The first-order chi connectivity index (χ1) is 10.6. The smallest absolute Gasteiger partial charge is 0.254 e. The summed E-state index contributed by atoms with van der Waals surface area (Å²) >= 11 is 1.49. The maximum atomic E-state index is 12.2. The summed E-state index contributed by atoms with van der Waals surface area (Å²) in [4.78, 5) is 13.2. The van der Waals surface area contributed by atoms with Crippen molar-refractivity contribution in [2.45, 2.75) is 23.2 Å². The molecule has 2 atom stereocenters. The van der Waals surface area contributed by atoms with Crippen molar-refractivity contribution in [3.05, 3.63) is 53.6 Å². The third-order valence-corrected chi connectivity index (χ3v) is 5.04. The van der Waals surface area contributed by atoms with E-state index in [9.17, 15) is 9.90 Å². The van der Waals surface area contributed by atoms with E-state index in [1.165, 1.54) is 11.8 Å². The first-order valence-electron chi connectivity index (χ1n) is 6.98. The maximum Gasteiger partial charge on any atom is 0.254 e. The number of amides is 1. The number of benzene rings is 2. The summed E-state index contributed by atoms with van der Waals surface area (Å²) in [6.07, 6.45) is -1.11. The van der Waals surface area contributed by atoms with E-state index in [0.29, 0.717) is 0 Å². The Balaban J connectivity index is 1.99. The molecule has 1 amide bonds. The highest BCUT2D eigenvalue weighted by molar-refractivity contribution is 7.99. The average molecular weight is 315 g/mol. The number of nitrogens with one attached hydrogen (secondary N) is 1. The molecule has 114 valence electrons. The van der Waals surface area contributed by atoms with Crippen LogP contribution in [0.2, 0.25) is 0 Å². The Labute approximate surface area is 133 Å². The van der Waals surface area contributed by atoms with E-state index in [4.69, 9.17) is 4.74 Å². The highest BCUT2D eigenvalue weighted by Gasteiger charge is 2.32. The van der Waals surface area contributed by atoms with Crippen LogP contribution in [0.25, 0.3) is 0 Å². The number of carbonyl (C=O) groups excluding carboxylic acids is 1. The minimum Gasteiger partial charge on any atom is -0.497 e. The molecule has 1 aliphatic heterocycles. The molecule has 0 saturated heterocycles. The molecule has 0 spiro atoms. The first kappa shape index (κ1) is 14.9. The van der Waals surface area contributed by atoms with Crippen LogP contribution in [0.4, 0.5) is 5.69 Å². The third-order valence-electron chi connectivity index (χ3n) is 3.65.